The molecule has 0 radical (unpaired) electrons. The van der Waals surface area contributed by atoms with Gasteiger partial charge in [-0.05, 0) is 44.1 Å². The summed E-state index contributed by atoms with van der Waals surface area (Å²) in [5.74, 6) is 1.44. The van der Waals surface area contributed by atoms with Gasteiger partial charge in [0.1, 0.15) is 17.2 Å². The first kappa shape index (κ1) is 21.6. The van der Waals surface area contributed by atoms with Crippen LogP contribution < -0.4 is 10.1 Å². The van der Waals surface area contributed by atoms with Crippen LogP contribution in [0.1, 0.15) is 31.2 Å². The Morgan fingerprint density at radius 2 is 2.00 bits per heavy atom. The molecule has 1 aromatic carbocycles. The van der Waals surface area contributed by atoms with Crippen molar-refractivity contribution in [1.82, 2.24) is 15.1 Å². The van der Waals surface area contributed by atoms with E-state index >= 15 is 0 Å². The highest BCUT2D eigenvalue weighted by Crippen LogP contribution is 2.41. The highest BCUT2D eigenvalue weighted by Gasteiger charge is 2.40. The number of methoxy groups -OCH3 is 1. The fraction of sp³-hybridized carbons (Fsp3) is 0.600. The van der Waals surface area contributed by atoms with E-state index in [1.165, 1.54) is 0 Å². The van der Waals surface area contributed by atoms with E-state index in [4.69, 9.17) is 4.74 Å². The van der Waals surface area contributed by atoms with Gasteiger partial charge in [-0.3, -0.25) is 9.59 Å². The smallest absolute Gasteiger partial charge is 0.242 e. The molecule has 1 aliphatic heterocycles. The summed E-state index contributed by atoms with van der Waals surface area (Å²) in [5, 5.41) is 2.86. The minimum atomic E-state index is -0.457. The molecular weight excluding hydrogens is 362 g/mol. The number of rotatable bonds is 9. The van der Waals surface area contributed by atoms with Crippen molar-refractivity contribution < 1.29 is 14.3 Å². The van der Waals surface area contributed by atoms with Gasteiger partial charge >= 0.3 is 0 Å². The fourth-order valence-electron chi connectivity index (χ4n) is 3.11. The third-order valence-electron chi connectivity index (χ3n) is 4.50. The number of nitrogens with zero attached hydrogens (tertiary/aromatic N) is 2. The predicted octanol–water partition coefficient (Wildman–Crippen LogP) is 2.36. The van der Waals surface area contributed by atoms with Crippen LogP contribution in [0.25, 0.3) is 0 Å². The molecule has 7 heteroatoms. The minimum absolute atomic E-state index is 0.0224. The summed E-state index contributed by atoms with van der Waals surface area (Å²) in [4.78, 5) is 29.4. The second-order valence-electron chi connectivity index (χ2n) is 7.48. The van der Waals surface area contributed by atoms with Crippen LogP contribution in [-0.4, -0.2) is 67.7 Å². The number of amides is 2. The number of benzene rings is 1. The van der Waals surface area contributed by atoms with Crippen LogP contribution >= 0.6 is 11.8 Å². The Hall–Kier alpha value is -1.73. The van der Waals surface area contributed by atoms with E-state index in [9.17, 15) is 9.59 Å². The molecule has 1 heterocycles. The van der Waals surface area contributed by atoms with Gasteiger partial charge < -0.3 is 19.9 Å². The number of hydrogen-bond donors (Lipinski definition) is 1. The molecule has 0 aliphatic carbocycles. The Labute approximate surface area is 166 Å². The molecule has 6 nitrogen and oxygen atoms in total. The number of ether oxygens (including phenoxy) is 1. The van der Waals surface area contributed by atoms with Crippen molar-refractivity contribution in [2.75, 3.05) is 40.0 Å². The van der Waals surface area contributed by atoms with E-state index in [-0.39, 0.29) is 17.2 Å². The van der Waals surface area contributed by atoms with Gasteiger partial charge in [0.05, 0.1) is 12.9 Å². The van der Waals surface area contributed by atoms with E-state index in [0.717, 1.165) is 17.9 Å². The lowest BCUT2D eigenvalue weighted by atomic mass is 10.0. The molecule has 2 amide bonds. The lowest BCUT2D eigenvalue weighted by Crippen LogP contribution is -2.50. The monoisotopic (exact) mass is 393 g/mol. The van der Waals surface area contributed by atoms with Gasteiger partial charge in [0, 0.05) is 13.1 Å². The molecule has 0 saturated carbocycles. The first-order chi connectivity index (χ1) is 12.8. The van der Waals surface area contributed by atoms with Crippen molar-refractivity contribution in [1.29, 1.82) is 0 Å². The summed E-state index contributed by atoms with van der Waals surface area (Å²) in [6, 6.07) is 7.27. The van der Waals surface area contributed by atoms with Crippen LogP contribution in [0.3, 0.4) is 0 Å². The largest absolute Gasteiger partial charge is 0.497 e. The van der Waals surface area contributed by atoms with Crippen molar-refractivity contribution in [2.24, 2.45) is 5.92 Å². The van der Waals surface area contributed by atoms with E-state index in [1.54, 1.807) is 23.8 Å². The normalized spacial score (nSPS) is 18.3. The molecule has 1 saturated heterocycles. The number of nitrogens with one attached hydrogen (secondary N) is 1. The second kappa shape index (κ2) is 9.99. The van der Waals surface area contributed by atoms with Gasteiger partial charge in [-0.25, -0.2) is 0 Å². The fourth-order valence-corrected chi connectivity index (χ4v) is 4.34. The highest BCUT2D eigenvalue weighted by atomic mass is 32.2. The average molecular weight is 394 g/mol. The Balaban J connectivity index is 2.21. The predicted molar refractivity (Wildman–Crippen MR) is 110 cm³/mol. The standard InChI is InChI=1S/C20H31N3O3S/c1-14(2)12-17(19(25)21-10-11-22(3)4)23-18(24)13-27-20(23)15-6-8-16(26-5)9-7-15/h6-9,14,17,20H,10-13H2,1-5H3,(H,21,25)/t17-,20+/m0/s1. The van der Waals surface area contributed by atoms with Gasteiger partial charge in [-0.1, -0.05) is 26.0 Å². The molecular formula is C20H31N3O3S. The van der Waals surface area contributed by atoms with Crippen LogP contribution in [0.4, 0.5) is 0 Å². The maximum absolute atomic E-state index is 12.9. The van der Waals surface area contributed by atoms with E-state index in [1.807, 2.05) is 43.3 Å². The number of hydrogen-bond acceptors (Lipinski definition) is 5. The lowest BCUT2D eigenvalue weighted by Gasteiger charge is -2.33. The molecule has 1 N–H and O–H groups in total. The van der Waals surface area contributed by atoms with Gasteiger partial charge in [0.2, 0.25) is 11.8 Å². The molecule has 0 bridgehead atoms. The van der Waals surface area contributed by atoms with E-state index in [0.29, 0.717) is 24.6 Å². The molecule has 0 spiro atoms. The zero-order chi connectivity index (χ0) is 20.0. The SMILES string of the molecule is COc1ccc([C@H]2SCC(=O)N2[C@@H](CC(C)C)C(=O)NCCN(C)C)cc1. The zero-order valence-electron chi connectivity index (χ0n) is 16.9. The number of likely N-dealkylation sites (N-methyl/N-ethyl adjacent to an activating group) is 1. The number of carbonyl (C=O) groups excluding carboxylic acids is 2. The van der Waals surface area contributed by atoms with Crippen LogP contribution in [0, 0.1) is 5.92 Å². The quantitative estimate of drug-likeness (QED) is 0.698. The molecule has 1 aromatic rings. The van der Waals surface area contributed by atoms with Crippen LogP contribution in [-0.2, 0) is 9.59 Å². The average Bonchev–Trinajstić information content (AvgIpc) is 3.00. The molecule has 1 fully saturated rings. The topological polar surface area (TPSA) is 61.9 Å². The van der Waals surface area contributed by atoms with E-state index in [2.05, 4.69) is 19.2 Å². The third kappa shape index (κ3) is 5.87. The first-order valence-electron chi connectivity index (χ1n) is 9.32. The van der Waals surface area contributed by atoms with Gasteiger partial charge in [-0.15, -0.1) is 11.8 Å². The van der Waals surface area contributed by atoms with Crippen LogP contribution in [0.15, 0.2) is 24.3 Å². The van der Waals surface area contributed by atoms with Gasteiger partial charge in [0.25, 0.3) is 0 Å². The molecule has 0 aromatic heterocycles. The second-order valence-corrected chi connectivity index (χ2v) is 8.55. The van der Waals surface area contributed by atoms with Crippen molar-refractivity contribution in [3.63, 3.8) is 0 Å². The molecule has 2 atom stereocenters. The Bertz CT molecular complexity index is 634. The molecule has 150 valence electrons. The lowest BCUT2D eigenvalue weighted by molar-refractivity contribution is -0.139. The molecule has 2 rings (SSSR count). The zero-order valence-corrected chi connectivity index (χ0v) is 17.7. The van der Waals surface area contributed by atoms with Crippen molar-refractivity contribution >= 4 is 23.6 Å². The summed E-state index contributed by atoms with van der Waals surface area (Å²) in [6.07, 6.45) is 0.646. The number of thioether (sulfide) groups is 1. The highest BCUT2D eigenvalue weighted by molar-refractivity contribution is 8.00. The van der Waals surface area contributed by atoms with Crippen molar-refractivity contribution in [2.45, 2.75) is 31.7 Å². The molecule has 1 aliphatic rings. The van der Waals surface area contributed by atoms with Crippen LogP contribution in [0.2, 0.25) is 0 Å². The summed E-state index contributed by atoms with van der Waals surface area (Å²) in [7, 11) is 5.57. The van der Waals surface area contributed by atoms with Crippen LogP contribution in [0.5, 0.6) is 5.75 Å². The Morgan fingerprint density at radius 3 is 2.56 bits per heavy atom. The summed E-state index contributed by atoms with van der Waals surface area (Å²) in [6.45, 7) is 5.50. The summed E-state index contributed by atoms with van der Waals surface area (Å²) in [5.41, 5.74) is 1.02. The maximum Gasteiger partial charge on any atom is 0.242 e. The molecule has 0 unspecified atom stereocenters. The van der Waals surface area contributed by atoms with Crippen molar-refractivity contribution in [3.05, 3.63) is 29.8 Å². The minimum Gasteiger partial charge on any atom is -0.497 e. The summed E-state index contributed by atoms with van der Waals surface area (Å²) < 4.78 is 5.23. The summed E-state index contributed by atoms with van der Waals surface area (Å²) >= 11 is 1.57. The van der Waals surface area contributed by atoms with Gasteiger partial charge in [-0.2, -0.15) is 0 Å². The van der Waals surface area contributed by atoms with Gasteiger partial charge in [0.15, 0.2) is 0 Å². The Morgan fingerprint density at radius 1 is 1.33 bits per heavy atom. The first-order valence-corrected chi connectivity index (χ1v) is 10.4. The van der Waals surface area contributed by atoms with Crippen molar-refractivity contribution in [3.8, 4) is 5.75 Å². The molecule has 27 heavy (non-hydrogen) atoms. The maximum atomic E-state index is 12.9. The van der Waals surface area contributed by atoms with E-state index < -0.39 is 6.04 Å². The Kier molecular flexibility index (Phi) is 7.98. The third-order valence-corrected chi connectivity index (χ3v) is 5.73. The number of carbonyl (C=O) groups is 2.